The quantitative estimate of drug-likeness (QED) is 0.267. The molecule has 218 valence electrons. The van der Waals surface area contributed by atoms with E-state index in [0.29, 0.717) is 35.3 Å². The van der Waals surface area contributed by atoms with Crippen LogP contribution in [0.3, 0.4) is 0 Å². The second kappa shape index (κ2) is 10.6. The van der Waals surface area contributed by atoms with Crippen LogP contribution >= 0.6 is 0 Å². The summed E-state index contributed by atoms with van der Waals surface area (Å²) in [6.07, 6.45) is 3.76. The zero-order chi connectivity index (χ0) is 29.9. The van der Waals surface area contributed by atoms with Crippen LogP contribution in [-0.2, 0) is 22.5 Å². The Kier molecular flexibility index (Phi) is 7.64. The van der Waals surface area contributed by atoms with Gasteiger partial charge in [0.05, 0.1) is 21.7 Å². The summed E-state index contributed by atoms with van der Waals surface area (Å²) in [6.45, 7) is 10.2. The van der Waals surface area contributed by atoms with E-state index in [4.69, 9.17) is 4.98 Å². The minimum atomic E-state index is -3.28. The minimum Gasteiger partial charge on any atom is -0.385 e. The molecular weight excluding hydrogens is 537 g/mol. The Hall–Kier alpha value is -3.07. The summed E-state index contributed by atoms with van der Waals surface area (Å²) in [5, 5.41) is 12.4. The monoisotopic (exact) mass is 577 g/mol. The van der Waals surface area contributed by atoms with Crippen molar-refractivity contribution in [2.24, 2.45) is 7.05 Å². The van der Waals surface area contributed by atoms with E-state index in [1.54, 1.807) is 37.3 Å². The van der Waals surface area contributed by atoms with E-state index in [-0.39, 0.29) is 10.9 Å². The van der Waals surface area contributed by atoms with E-state index in [2.05, 4.69) is 25.7 Å². The number of halogens is 1. The molecule has 2 aromatic carbocycles. The summed E-state index contributed by atoms with van der Waals surface area (Å²) in [5.74, 6) is -0.437. The molecule has 0 amide bonds. The van der Waals surface area contributed by atoms with Gasteiger partial charge < -0.3 is 9.67 Å². The molecule has 1 fully saturated rings. The Morgan fingerprint density at radius 2 is 1.73 bits per heavy atom. The molecule has 3 unspecified atom stereocenters. The highest BCUT2D eigenvalue weighted by Crippen LogP contribution is 2.38. The number of benzene rings is 2. The zero-order valence-electron chi connectivity index (χ0n) is 24.9. The molecule has 5 rings (SSSR count). The molecule has 1 N–H and O–H groups in total. The highest BCUT2D eigenvalue weighted by atomic mass is 32.2. The third-order valence-corrected chi connectivity index (χ3v) is 9.86. The molecule has 3 atom stereocenters. The number of aliphatic hydroxyl groups is 1. The molecule has 0 radical (unpaired) electrons. The number of nitrogens with zero attached hydrogens (tertiary/aromatic N) is 3. The average molecular weight is 578 g/mol. The lowest BCUT2D eigenvalue weighted by Gasteiger charge is -2.36. The highest BCUT2D eigenvalue weighted by molar-refractivity contribution is 7.90. The fourth-order valence-electron chi connectivity index (χ4n) is 6.69. The minimum absolute atomic E-state index is 0.208. The van der Waals surface area contributed by atoms with E-state index in [0.717, 1.165) is 40.7 Å². The normalized spacial score (nSPS) is 19.8. The molecule has 41 heavy (non-hydrogen) atoms. The molecule has 1 aliphatic rings. The van der Waals surface area contributed by atoms with Crippen LogP contribution in [0.2, 0.25) is 0 Å². The van der Waals surface area contributed by atoms with Crippen molar-refractivity contribution >= 4 is 20.7 Å². The van der Waals surface area contributed by atoms with Crippen molar-refractivity contribution in [1.82, 2.24) is 14.5 Å². The number of sulfone groups is 1. The van der Waals surface area contributed by atoms with Crippen LogP contribution < -0.4 is 0 Å². The molecule has 4 aromatic rings. The van der Waals surface area contributed by atoms with Crippen LogP contribution in [0.1, 0.15) is 58.2 Å². The van der Waals surface area contributed by atoms with Crippen molar-refractivity contribution in [2.45, 2.75) is 82.5 Å². The summed E-state index contributed by atoms with van der Waals surface area (Å²) in [6, 6.07) is 16.9. The van der Waals surface area contributed by atoms with Crippen LogP contribution in [0.15, 0.2) is 59.5 Å². The van der Waals surface area contributed by atoms with Gasteiger partial charge in [-0.2, -0.15) is 0 Å². The molecule has 0 spiro atoms. The van der Waals surface area contributed by atoms with Gasteiger partial charge >= 0.3 is 0 Å². The van der Waals surface area contributed by atoms with Crippen molar-refractivity contribution < 1.29 is 17.9 Å². The van der Waals surface area contributed by atoms with E-state index in [9.17, 15) is 13.5 Å². The van der Waals surface area contributed by atoms with Gasteiger partial charge in [0.1, 0.15) is 5.82 Å². The van der Waals surface area contributed by atoms with Gasteiger partial charge in [0.15, 0.2) is 9.84 Å². The maximum atomic E-state index is 15.6. The molecule has 6 nitrogen and oxygen atoms in total. The Balaban J connectivity index is 1.46. The van der Waals surface area contributed by atoms with E-state index in [1.807, 2.05) is 36.7 Å². The van der Waals surface area contributed by atoms with Gasteiger partial charge in [-0.1, -0.05) is 24.3 Å². The Morgan fingerprint density at radius 1 is 1.07 bits per heavy atom. The van der Waals surface area contributed by atoms with Gasteiger partial charge in [-0.05, 0) is 89.8 Å². The summed E-state index contributed by atoms with van der Waals surface area (Å²) in [4.78, 5) is 7.51. The van der Waals surface area contributed by atoms with E-state index >= 15 is 4.39 Å². The van der Waals surface area contributed by atoms with Gasteiger partial charge in [-0.15, -0.1) is 0 Å². The molecule has 0 aliphatic carbocycles. The van der Waals surface area contributed by atoms with Gasteiger partial charge in [-0.3, -0.25) is 9.88 Å². The summed E-state index contributed by atoms with van der Waals surface area (Å²) in [5.41, 5.74) is 3.88. The van der Waals surface area contributed by atoms with Crippen molar-refractivity contribution in [2.75, 3.05) is 6.26 Å². The first kappa shape index (κ1) is 29.4. The van der Waals surface area contributed by atoms with Crippen LogP contribution in [0.5, 0.6) is 0 Å². The Morgan fingerprint density at radius 3 is 2.34 bits per heavy atom. The number of rotatable bonds is 7. The third-order valence-electron chi connectivity index (χ3n) is 8.73. The first-order valence-electron chi connectivity index (χ1n) is 14.2. The lowest BCUT2D eigenvalue weighted by Crippen LogP contribution is -2.43. The van der Waals surface area contributed by atoms with Crippen LogP contribution in [0.4, 0.5) is 4.39 Å². The second-order valence-electron chi connectivity index (χ2n) is 12.2. The third kappa shape index (κ3) is 5.57. The van der Waals surface area contributed by atoms with Crippen molar-refractivity contribution in [3.8, 4) is 22.5 Å². The molecule has 1 saturated heterocycles. The molecule has 8 heteroatoms. The standard InChI is InChI=1S/C33H40FN3O3S/c1-20(2)37-21(3)8-12-25(37)19-33(5,38)28-15-11-24(16-29(28)34)30-18-32-27(22(4)35-30)17-31(36(32)6)23-9-13-26(14-10-23)41(7,39)40/h9-11,13-18,20-21,25,38H,8,12,19H2,1-7H3. The number of hydrogen-bond acceptors (Lipinski definition) is 5. The molecule has 0 saturated carbocycles. The zero-order valence-corrected chi connectivity index (χ0v) is 25.8. The van der Waals surface area contributed by atoms with Crippen LogP contribution in [0.25, 0.3) is 33.4 Å². The average Bonchev–Trinajstić information content (AvgIpc) is 3.42. The number of pyridine rings is 1. The topological polar surface area (TPSA) is 75.4 Å². The lowest BCUT2D eigenvalue weighted by atomic mass is 9.87. The number of likely N-dealkylation sites (tertiary alicyclic amines) is 1. The van der Waals surface area contributed by atoms with Crippen molar-refractivity contribution in [3.05, 3.63) is 71.7 Å². The fourth-order valence-corrected chi connectivity index (χ4v) is 7.32. The van der Waals surface area contributed by atoms with Gasteiger partial charge in [0, 0.05) is 59.3 Å². The van der Waals surface area contributed by atoms with Crippen molar-refractivity contribution in [1.29, 1.82) is 0 Å². The lowest BCUT2D eigenvalue weighted by molar-refractivity contribution is 0.00905. The number of aryl methyl sites for hydroxylation is 2. The molecule has 3 heterocycles. The van der Waals surface area contributed by atoms with E-state index in [1.165, 1.54) is 12.3 Å². The van der Waals surface area contributed by atoms with Gasteiger partial charge in [0.25, 0.3) is 0 Å². The highest BCUT2D eigenvalue weighted by Gasteiger charge is 2.38. The second-order valence-corrected chi connectivity index (χ2v) is 14.2. The molecular formula is C33H40FN3O3S. The van der Waals surface area contributed by atoms with Crippen LogP contribution in [0, 0.1) is 12.7 Å². The number of fused-ring (bicyclic) bond motifs is 1. The largest absolute Gasteiger partial charge is 0.385 e. The smallest absolute Gasteiger partial charge is 0.175 e. The maximum Gasteiger partial charge on any atom is 0.175 e. The predicted octanol–water partition coefficient (Wildman–Crippen LogP) is 6.62. The number of aromatic nitrogens is 2. The number of hydrogen-bond donors (Lipinski definition) is 1. The summed E-state index contributed by atoms with van der Waals surface area (Å²) >= 11 is 0. The summed E-state index contributed by atoms with van der Waals surface area (Å²) < 4.78 is 41.4. The van der Waals surface area contributed by atoms with Gasteiger partial charge in [-0.25, -0.2) is 12.8 Å². The first-order valence-corrected chi connectivity index (χ1v) is 16.1. The Bertz CT molecular complexity index is 1710. The van der Waals surface area contributed by atoms with Crippen molar-refractivity contribution in [3.63, 3.8) is 0 Å². The molecule has 0 bridgehead atoms. The molecule has 2 aromatic heterocycles. The SMILES string of the molecule is Cc1nc(-c2ccc(C(C)(O)CC3CCC(C)N3C(C)C)c(F)c2)cc2c1cc(-c1ccc(S(C)(=O)=O)cc1)n2C. The molecule has 1 aliphatic heterocycles. The first-order chi connectivity index (χ1) is 19.2. The van der Waals surface area contributed by atoms with E-state index < -0.39 is 21.3 Å². The van der Waals surface area contributed by atoms with Gasteiger partial charge in [0.2, 0.25) is 0 Å². The summed E-state index contributed by atoms with van der Waals surface area (Å²) in [7, 11) is -1.32. The Labute approximate surface area is 242 Å². The van der Waals surface area contributed by atoms with Crippen LogP contribution in [-0.4, -0.2) is 52.4 Å². The fraction of sp³-hybridized carbons (Fsp3) is 0.424. The maximum absolute atomic E-state index is 15.6. The predicted molar refractivity (Wildman–Crippen MR) is 163 cm³/mol.